The zero-order valence-electron chi connectivity index (χ0n) is 7.67. The molecule has 15 heavy (non-hydrogen) atoms. The number of hydrogen-bond acceptors (Lipinski definition) is 3. The molecule has 0 amide bonds. The first kappa shape index (κ1) is 9.71. The van der Waals surface area contributed by atoms with Gasteiger partial charge in [-0.2, -0.15) is 14.0 Å². The number of ether oxygens (including phenoxy) is 2. The van der Waals surface area contributed by atoms with Gasteiger partial charge in [-0.15, -0.1) is 0 Å². The summed E-state index contributed by atoms with van der Waals surface area (Å²) in [5.74, 6) is 0.265. The summed E-state index contributed by atoms with van der Waals surface area (Å²) in [6.45, 7) is -0.780. The Kier molecular flexibility index (Phi) is 2.19. The molecule has 5 heteroatoms. The second-order valence-electron chi connectivity index (χ2n) is 3.14. The highest BCUT2D eigenvalue weighted by Gasteiger charge is 2.38. The third-order valence-electron chi connectivity index (χ3n) is 1.95. The lowest BCUT2D eigenvalue weighted by molar-refractivity contribution is -0.208. The topological polar surface area (TPSA) is 42.2 Å². The quantitative estimate of drug-likeness (QED) is 0.714. The van der Waals surface area contributed by atoms with Gasteiger partial charge in [0.05, 0.1) is 12.5 Å². The fraction of sp³-hybridized carbons (Fsp3) is 0.300. The van der Waals surface area contributed by atoms with E-state index in [4.69, 9.17) is 10.00 Å². The number of alkyl halides is 2. The molecule has 1 aliphatic rings. The average molecular weight is 211 g/mol. The molecule has 1 aromatic carbocycles. The third kappa shape index (κ3) is 1.99. The fourth-order valence-corrected chi connectivity index (χ4v) is 1.30. The summed E-state index contributed by atoms with van der Waals surface area (Å²) in [7, 11) is 0. The third-order valence-corrected chi connectivity index (χ3v) is 1.95. The van der Waals surface area contributed by atoms with Crippen molar-refractivity contribution in [1.82, 2.24) is 0 Å². The van der Waals surface area contributed by atoms with Crippen molar-refractivity contribution in [3.8, 4) is 17.6 Å². The van der Waals surface area contributed by atoms with Gasteiger partial charge in [-0.25, -0.2) is 0 Å². The van der Waals surface area contributed by atoms with Crippen LogP contribution in [0.25, 0.3) is 0 Å². The second-order valence-corrected chi connectivity index (χ2v) is 3.14. The normalized spacial score (nSPS) is 16.9. The van der Waals surface area contributed by atoms with Crippen LogP contribution in [0.3, 0.4) is 0 Å². The maximum atomic E-state index is 12.8. The molecule has 0 unspecified atom stereocenters. The SMILES string of the molecule is N#CCc1ccc2c(c1)OC(F)(F)CO2. The first-order chi connectivity index (χ1) is 7.11. The van der Waals surface area contributed by atoms with Crippen LogP contribution in [-0.4, -0.2) is 12.7 Å². The van der Waals surface area contributed by atoms with E-state index in [1.807, 2.05) is 6.07 Å². The molecule has 0 aromatic heterocycles. The number of nitriles is 1. The van der Waals surface area contributed by atoms with Crippen molar-refractivity contribution in [3.05, 3.63) is 23.8 Å². The van der Waals surface area contributed by atoms with Gasteiger partial charge in [0.25, 0.3) is 0 Å². The molecular weight excluding hydrogens is 204 g/mol. The number of fused-ring (bicyclic) bond motifs is 1. The van der Waals surface area contributed by atoms with Gasteiger partial charge >= 0.3 is 6.11 Å². The van der Waals surface area contributed by atoms with Crippen LogP contribution in [0.4, 0.5) is 8.78 Å². The van der Waals surface area contributed by atoms with Crippen molar-refractivity contribution in [2.24, 2.45) is 0 Å². The van der Waals surface area contributed by atoms with Crippen LogP contribution in [0.1, 0.15) is 5.56 Å². The zero-order chi connectivity index (χ0) is 10.9. The van der Waals surface area contributed by atoms with Gasteiger partial charge in [0, 0.05) is 0 Å². The van der Waals surface area contributed by atoms with Gasteiger partial charge in [0.1, 0.15) is 0 Å². The minimum Gasteiger partial charge on any atom is -0.479 e. The molecule has 0 aliphatic carbocycles. The van der Waals surface area contributed by atoms with Crippen LogP contribution in [-0.2, 0) is 6.42 Å². The van der Waals surface area contributed by atoms with Gasteiger partial charge < -0.3 is 9.47 Å². The molecule has 0 atom stereocenters. The summed E-state index contributed by atoms with van der Waals surface area (Å²) in [5.41, 5.74) is 0.623. The Labute approximate surface area is 84.8 Å². The van der Waals surface area contributed by atoms with E-state index >= 15 is 0 Å². The Morgan fingerprint density at radius 3 is 2.93 bits per heavy atom. The van der Waals surface area contributed by atoms with Crippen molar-refractivity contribution < 1.29 is 18.3 Å². The molecule has 0 saturated heterocycles. The molecule has 0 bridgehead atoms. The predicted molar refractivity (Wildman–Crippen MR) is 46.8 cm³/mol. The zero-order valence-corrected chi connectivity index (χ0v) is 7.67. The van der Waals surface area contributed by atoms with Gasteiger partial charge in [-0.05, 0) is 17.7 Å². The van der Waals surface area contributed by atoms with Crippen molar-refractivity contribution in [2.45, 2.75) is 12.5 Å². The Morgan fingerprint density at radius 2 is 2.20 bits per heavy atom. The summed E-state index contributed by atoms with van der Waals surface area (Å²) in [6, 6.07) is 6.49. The Bertz CT molecular complexity index is 426. The Hall–Kier alpha value is -1.83. The van der Waals surface area contributed by atoms with Gasteiger partial charge in [0.2, 0.25) is 0 Å². The van der Waals surface area contributed by atoms with Gasteiger partial charge in [0.15, 0.2) is 18.1 Å². The molecule has 0 saturated carbocycles. The highest BCUT2D eigenvalue weighted by atomic mass is 19.3. The molecule has 2 rings (SSSR count). The number of nitrogens with zero attached hydrogens (tertiary/aromatic N) is 1. The van der Waals surface area contributed by atoms with E-state index < -0.39 is 12.7 Å². The first-order valence-corrected chi connectivity index (χ1v) is 4.30. The molecule has 0 spiro atoms. The first-order valence-electron chi connectivity index (χ1n) is 4.30. The van der Waals surface area contributed by atoms with E-state index in [2.05, 4.69) is 4.74 Å². The molecule has 78 valence electrons. The molecule has 0 radical (unpaired) electrons. The van der Waals surface area contributed by atoms with Crippen LogP contribution >= 0.6 is 0 Å². The van der Waals surface area contributed by atoms with E-state index in [1.54, 1.807) is 6.07 Å². The summed E-state index contributed by atoms with van der Waals surface area (Å²) < 4.78 is 34.8. The number of rotatable bonds is 1. The van der Waals surface area contributed by atoms with Crippen molar-refractivity contribution in [3.63, 3.8) is 0 Å². The molecular formula is C10H7F2NO2. The Morgan fingerprint density at radius 1 is 1.40 bits per heavy atom. The van der Waals surface area contributed by atoms with Crippen LogP contribution in [0.15, 0.2) is 18.2 Å². The molecule has 1 aliphatic heterocycles. The average Bonchev–Trinajstić information content (AvgIpc) is 2.16. The molecule has 1 aromatic rings. The molecule has 0 N–H and O–H groups in total. The summed E-state index contributed by atoms with van der Waals surface area (Å²) in [6.07, 6.45) is -3.14. The highest BCUT2D eigenvalue weighted by Crippen LogP contribution is 2.37. The standard InChI is InChI=1S/C10H7F2NO2/c11-10(12)6-14-8-2-1-7(3-4-13)5-9(8)15-10/h1-2,5H,3,6H2. The number of hydrogen-bond donors (Lipinski definition) is 0. The van der Waals surface area contributed by atoms with E-state index in [1.165, 1.54) is 12.1 Å². The maximum absolute atomic E-state index is 12.8. The van der Waals surface area contributed by atoms with E-state index in [0.717, 1.165) is 0 Å². The van der Waals surface area contributed by atoms with Crippen LogP contribution in [0.2, 0.25) is 0 Å². The maximum Gasteiger partial charge on any atom is 0.433 e. The van der Waals surface area contributed by atoms with Crippen LogP contribution in [0.5, 0.6) is 11.5 Å². The number of halogens is 2. The van der Waals surface area contributed by atoms with Crippen LogP contribution < -0.4 is 9.47 Å². The molecule has 0 fully saturated rings. The highest BCUT2D eigenvalue weighted by molar-refractivity contribution is 5.44. The van der Waals surface area contributed by atoms with Gasteiger partial charge in [-0.1, -0.05) is 6.07 Å². The largest absolute Gasteiger partial charge is 0.479 e. The fourth-order valence-electron chi connectivity index (χ4n) is 1.30. The lowest BCUT2D eigenvalue weighted by atomic mass is 10.1. The van der Waals surface area contributed by atoms with Crippen molar-refractivity contribution in [1.29, 1.82) is 5.26 Å². The Balaban J connectivity index is 2.32. The van der Waals surface area contributed by atoms with E-state index in [-0.39, 0.29) is 17.9 Å². The van der Waals surface area contributed by atoms with Crippen LogP contribution in [0, 0.1) is 11.3 Å². The lowest BCUT2D eigenvalue weighted by Crippen LogP contribution is -2.35. The summed E-state index contributed by atoms with van der Waals surface area (Å²) in [4.78, 5) is 0. The summed E-state index contributed by atoms with van der Waals surface area (Å²) in [5, 5.41) is 8.46. The smallest absolute Gasteiger partial charge is 0.433 e. The summed E-state index contributed by atoms with van der Waals surface area (Å²) >= 11 is 0. The molecule has 3 nitrogen and oxygen atoms in total. The number of benzene rings is 1. The second kappa shape index (κ2) is 3.39. The van der Waals surface area contributed by atoms with Crippen molar-refractivity contribution >= 4 is 0 Å². The predicted octanol–water partition coefficient (Wildman–Crippen LogP) is 2.12. The van der Waals surface area contributed by atoms with Gasteiger partial charge in [-0.3, -0.25) is 0 Å². The molecule has 1 heterocycles. The lowest BCUT2D eigenvalue weighted by Gasteiger charge is -2.25. The monoisotopic (exact) mass is 211 g/mol. The minimum absolute atomic E-state index is 0.0148. The van der Waals surface area contributed by atoms with E-state index in [0.29, 0.717) is 5.56 Å². The minimum atomic E-state index is -3.29. The van der Waals surface area contributed by atoms with E-state index in [9.17, 15) is 8.78 Å². The van der Waals surface area contributed by atoms with Crippen molar-refractivity contribution in [2.75, 3.05) is 6.61 Å².